The molecule has 2 N–H and O–H groups in total. The number of ether oxygens (including phenoxy) is 3. The average Bonchev–Trinajstić information content (AvgIpc) is 3.40. The van der Waals surface area contributed by atoms with E-state index in [9.17, 15) is 9.59 Å². The van der Waals surface area contributed by atoms with Gasteiger partial charge in [0.2, 0.25) is 0 Å². The number of amides is 1. The van der Waals surface area contributed by atoms with Crippen molar-refractivity contribution in [2.45, 2.75) is 65.7 Å². The smallest absolute Gasteiger partial charge is 0.408 e. The molecule has 4 aromatic rings. The molecular weight excluding hydrogens is 486 g/mol. The Hall–Kier alpha value is -4.08. The lowest BCUT2D eigenvalue weighted by Crippen LogP contribution is -2.35. The number of carbonyl (C=O) groups excluding carboxylic acids is 2. The molecule has 1 atom stereocenters. The number of rotatable bonds is 7. The lowest BCUT2D eigenvalue weighted by Gasteiger charge is -2.22. The molecule has 0 radical (unpaired) electrons. The van der Waals surface area contributed by atoms with Gasteiger partial charge in [-0.2, -0.15) is 0 Å². The molecule has 1 amide bonds. The molecule has 0 aliphatic rings. The number of fused-ring (bicyclic) bond motifs is 2. The van der Waals surface area contributed by atoms with Crippen LogP contribution in [0.25, 0.3) is 33.6 Å². The average molecular weight is 522 g/mol. The lowest BCUT2D eigenvalue weighted by molar-refractivity contribution is 0.0376. The van der Waals surface area contributed by atoms with Crippen molar-refractivity contribution in [1.29, 1.82) is 0 Å². The summed E-state index contributed by atoms with van der Waals surface area (Å²) < 4.78 is 18.3. The second-order valence-electron chi connectivity index (χ2n) is 10.5. The predicted octanol–water partition coefficient (Wildman–Crippen LogP) is 5.67. The number of nitrogens with zero attached hydrogens (tertiary/aromatic N) is 3. The minimum absolute atomic E-state index is 0.237. The Morgan fingerprint density at radius 3 is 2.50 bits per heavy atom. The van der Waals surface area contributed by atoms with E-state index in [4.69, 9.17) is 24.2 Å². The van der Waals surface area contributed by atoms with Gasteiger partial charge in [-0.05, 0) is 71.4 Å². The van der Waals surface area contributed by atoms with Gasteiger partial charge in [0.1, 0.15) is 22.5 Å². The van der Waals surface area contributed by atoms with E-state index >= 15 is 0 Å². The summed E-state index contributed by atoms with van der Waals surface area (Å²) in [6.07, 6.45) is -0.0696. The first kappa shape index (κ1) is 27.0. The first-order chi connectivity index (χ1) is 17.9. The number of alkyl carbamates (subject to hydrolysis) is 1. The Bertz CT molecular complexity index is 1500. The molecule has 3 heterocycles. The Morgan fingerprint density at radius 1 is 1.13 bits per heavy atom. The molecule has 4 rings (SSSR count). The van der Waals surface area contributed by atoms with Gasteiger partial charge in [-0.3, -0.25) is 0 Å². The van der Waals surface area contributed by atoms with E-state index in [1.165, 1.54) is 0 Å². The molecule has 202 valence electrons. The van der Waals surface area contributed by atoms with Gasteiger partial charge >= 0.3 is 12.1 Å². The van der Waals surface area contributed by atoms with Crippen LogP contribution in [-0.2, 0) is 16.5 Å². The summed E-state index contributed by atoms with van der Waals surface area (Å²) in [5, 5.41) is 3.80. The van der Waals surface area contributed by atoms with Gasteiger partial charge in [-0.15, -0.1) is 0 Å². The maximum atomic E-state index is 12.5. The van der Waals surface area contributed by atoms with Crippen LogP contribution in [0.4, 0.5) is 4.79 Å². The number of hydrogen-bond donors (Lipinski definition) is 2. The van der Waals surface area contributed by atoms with Crippen LogP contribution in [0, 0.1) is 0 Å². The highest BCUT2D eigenvalue weighted by Gasteiger charge is 2.22. The van der Waals surface area contributed by atoms with Gasteiger partial charge in [0.25, 0.3) is 0 Å². The summed E-state index contributed by atoms with van der Waals surface area (Å²) >= 11 is 0. The normalized spacial score (nSPS) is 12.7. The van der Waals surface area contributed by atoms with Crippen LogP contribution in [0.3, 0.4) is 0 Å². The fourth-order valence-corrected chi connectivity index (χ4v) is 4.28. The molecule has 0 unspecified atom stereocenters. The van der Waals surface area contributed by atoms with Crippen molar-refractivity contribution in [1.82, 2.24) is 24.8 Å². The van der Waals surface area contributed by atoms with Crippen molar-refractivity contribution in [3.05, 3.63) is 41.6 Å². The molecule has 0 saturated heterocycles. The second kappa shape index (κ2) is 10.4. The highest BCUT2D eigenvalue weighted by Crippen LogP contribution is 2.33. The summed E-state index contributed by atoms with van der Waals surface area (Å²) in [4.78, 5) is 37.8. The zero-order chi connectivity index (χ0) is 27.8. The Morgan fingerprint density at radius 2 is 1.87 bits per heavy atom. The van der Waals surface area contributed by atoms with E-state index in [0.717, 1.165) is 22.3 Å². The minimum Gasteiger partial charge on any atom is -0.494 e. The highest BCUT2D eigenvalue weighted by atomic mass is 16.6. The monoisotopic (exact) mass is 521 g/mol. The van der Waals surface area contributed by atoms with Crippen LogP contribution in [0.5, 0.6) is 5.75 Å². The highest BCUT2D eigenvalue weighted by molar-refractivity contribution is 5.97. The number of H-pyrrole nitrogens is 1. The number of hydrogen-bond acceptors (Lipinski definition) is 7. The lowest BCUT2D eigenvalue weighted by atomic mass is 10.1. The predicted molar refractivity (Wildman–Crippen MR) is 145 cm³/mol. The van der Waals surface area contributed by atoms with Crippen LogP contribution in [0.15, 0.2) is 30.3 Å². The maximum Gasteiger partial charge on any atom is 0.408 e. The zero-order valence-electron chi connectivity index (χ0n) is 23.1. The largest absolute Gasteiger partial charge is 0.494 e. The number of methoxy groups -OCH3 is 1. The number of aromatic amines is 1. The van der Waals surface area contributed by atoms with Crippen LogP contribution in [0.1, 0.15) is 70.1 Å². The molecular formula is C28H35N5O5. The number of nitrogens with one attached hydrogen (secondary N) is 2. The minimum atomic E-state index is -0.585. The standard InChI is InChI=1S/C28H35N5O5/c1-9-18(32-27(35)38-28(4,5)6)19-11-10-16-12-21(30-24(16)29-19)25-31-20-13-17(26(34)37-15(2)3)14-22(36-8)23(20)33(25)7/h10-15,18H,9H2,1-8H3,(H,29,30)(H,32,35)/t18-/m1/s1. The van der Waals surface area contributed by atoms with Crippen molar-refractivity contribution in [3.8, 4) is 17.3 Å². The number of aryl methyl sites for hydroxylation is 1. The van der Waals surface area contributed by atoms with E-state index in [2.05, 4.69) is 10.3 Å². The van der Waals surface area contributed by atoms with E-state index in [1.54, 1.807) is 33.1 Å². The summed E-state index contributed by atoms with van der Waals surface area (Å²) in [6, 6.07) is 8.90. The topological polar surface area (TPSA) is 120 Å². The number of aromatic nitrogens is 4. The van der Waals surface area contributed by atoms with Crippen molar-refractivity contribution >= 4 is 34.1 Å². The van der Waals surface area contributed by atoms with Gasteiger partial charge in [0.05, 0.1) is 41.7 Å². The summed E-state index contributed by atoms with van der Waals surface area (Å²) in [7, 11) is 3.45. The number of esters is 1. The van der Waals surface area contributed by atoms with Crippen molar-refractivity contribution < 1.29 is 23.8 Å². The molecule has 1 aromatic carbocycles. The van der Waals surface area contributed by atoms with E-state index < -0.39 is 17.7 Å². The molecule has 0 saturated carbocycles. The third-order valence-corrected chi connectivity index (χ3v) is 5.93. The van der Waals surface area contributed by atoms with E-state index in [1.807, 2.05) is 57.5 Å². The van der Waals surface area contributed by atoms with Gasteiger partial charge in [0.15, 0.2) is 5.82 Å². The van der Waals surface area contributed by atoms with Gasteiger partial charge in [-0.25, -0.2) is 19.6 Å². The van der Waals surface area contributed by atoms with Crippen LogP contribution in [-0.4, -0.2) is 50.4 Å². The number of carbonyl (C=O) groups is 2. The first-order valence-corrected chi connectivity index (χ1v) is 12.6. The van der Waals surface area contributed by atoms with Crippen molar-refractivity contribution in [2.75, 3.05) is 7.11 Å². The van der Waals surface area contributed by atoms with Crippen LogP contribution < -0.4 is 10.1 Å². The second-order valence-corrected chi connectivity index (χ2v) is 10.5. The quantitative estimate of drug-likeness (QED) is 0.301. The Labute approximate surface area is 221 Å². The molecule has 0 bridgehead atoms. The molecule has 38 heavy (non-hydrogen) atoms. The van der Waals surface area contributed by atoms with Gasteiger partial charge < -0.3 is 29.1 Å². The van der Waals surface area contributed by atoms with Crippen molar-refractivity contribution in [3.63, 3.8) is 0 Å². The molecule has 0 aliphatic heterocycles. The third-order valence-electron chi connectivity index (χ3n) is 5.93. The summed E-state index contributed by atoms with van der Waals surface area (Å²) in [5.41, 5.74) is 3.30. The van der Waals surface area contributed by atoms with Gasteiger partial charge in [0, 0.05) is 12.4 Å². The molecule has 10 heteroatoms. The molecule has 3 aromatic heterocycles. The molecule has 10 nitrogen and oxygen atoms in total. The first-order valence-electron chi connectivity index (χ1n) is 12.6. The summed E-state index contributed by atoms with van der Waals surface area (Å²) in [5.74, 6) is 0.751. The Balaban J connectivity index is 1.69. The van der Waals surface area contributed by atoms with Crippen molar-refractivity contribution in [2.24, 2.45) is 7.05 Å². The fraction of sp³-hybridized carbons (Fsp3) is 0.429. The fourth-order valence-electron chi connectivity index (χ4n) is 4.28. The van der Waals surface area contributed by atoms with E-state index in [-0.39, 0.29) is 12.1 Å². The van der Waals surface area contributed by atoms with E-state index in [0.29, 0.717) is 34.7 Å². The zero-order valence-corrected chi connectivity index (χ0v) is 23.1. The maximum absolute atomic E-state index is 12.5. The van der Waals surface area contributed by atoms with Crippen LogP contribution in [0.2, 0.25) is 0 Å². The summed E-state index contributed by atoms with van der Waals surface area (Å²) in [6.45, 7) is 11.1. The number of imidazole rings is 1. The van der Waals surface area contributed by atoms with Crippen LogP contribution >= 0.6 is 0 Å². The Kier molecular flexibility index (Phi) is 7.35. The molecule has 0 fully saturated rings. The third kappa shape index (κ3) is 5.58. The molecule has 0 aliphatic carbocycles. The van der Waals surface area contributed by atoms with Gasteiger partial charge in [-0.1, -0.05) is 6.92 Å². The molecule has 0 spiro atoms. The SMILES string of the molecule is CC[C@@H](NC(=O)OC(C)(C)C)c1ccc2cc(-c3nc4cc(C(=O)OC(C)C)cc(OC)c4n3C)[nH]c2n1. The number of pyridine rings is 1. The number of benzene rings is 1.